The summed E-state index contributed by atoms with van der Waals surface area (Å²) in [6.07, 6.45) is 3.64. The molecule has 5 heteroatoms. The van der Waals surface area contributed by atoms with E-state index in [1.54, 1.807) is 0 Å². The molecule has 1 aromatic heterocycles. The minimum Gasteiger partial charge on any atom is -0.385 e. The SMILES string of the molecule is CCCCCNc1ccc(-c2ccccc2-c2nnnn2C(c2ccccc2)(c2ccccc2)c2ccccc2)cc1. The van der Waals surface area contributed by atoms with Gasteiger partial charge in [0.2, 0.25) is 0 Å². The quantitative estimate of drug-likeness (QED) is 0.130. The topological polar surface area (TPSA) is 55.6 Å². The Balaban J connectivity index is 1.51. The van der Waals surface area contributed by atoms with Gasteiger partial charge in [-0.15, -0.1) is 5.10 Å². The summed E-state index contributed by atoms with van der Waals surface area (Å²) in [6, 6.07) is 48.6. The molecule has 0 saturated heterocycles. The number of hydrogen-bond acceptors (Lipinski definition) is 4. The number of anilines is 1. The Bertz CT molecular complexity index is 1600. The van der Waals surface area contributed by atoms with E-state index in [2.05, 4.69) is 144 Å². The lowest BCUT2D eigenvalue weighted by atomic mass is 9.77. The summed E-state index contributed by atoms with van der Waals surface area (Å²) in [5, 5.41) is 17.3. The minimum atomic E-state index is -0.804. The molecule has 0 aliphatic carbocycles. The van der Waals surface area contributed by atoms with Gasteiger partial charge in [0, 0.05) is 17.8 Å². The van der Waals surface area contributed by atoms with Crippen LogP contribution in [0.5, 0.6) is 0 Å². The minimum absolute atomic E-state index is 0.698. The first-order chi connectivity index (χ1) is 20.8. The number of unbranched alkanes of at least 4 members (excludes halogenated alkanes) is 2. The molecule has 6 aromatic rings. The first-order valence-corrected chi connectivity index (χ1v) is 14.7. The van der Waals surface area contributed by atoms with Crippen LogP contribution in [0.3, 0.4) is 0 Å². The Morgan fingerprint density at radius 2 is 1.12 bits per heavy atom. The molecule has 1 heterocycles. The molecule has 0 radical (unpaired) electrons. The zero-order valence-electron chi connectivity index (χ0n) is 23.9. The third-order valence-corrected chi connectivity index (χ3v) is 7.84. The van der Waals surface area contributed by atoms with Crippen molar-refractivity contribution in [2.45, 2.75) is 31.7 Å². The van der Waals surface area contributed by atoms with Crippen molar-refractivity contribution >= 4 is 5.69 Å². The van der Waals surface area contributed by atoms with Gasteiger partial charge in [-0.1, -0.05) is 147 Å². The number of benzene rings is 5. The fraction of sp³-hybridized carbons (Fsp3) is 0.162. The van der Waals surface area contributed by atoms with Gasteiger partial charge in [-0.2, -0.15) is 0 Å². The van der Waals surface area contributed by atoms with E-state index >= 15 is 0 Å². The van der Waals surface area contributed by atoms with E-state index in [4.69, 9.17) is 5.21 Å². The zero-order valence-corrected chi connectivity index (χ0v) is 23.9. The van der Waals surface area contributed by atoms with Gasteiger partial charge in [-0.3, -0.25) is 0 Å². The average Bonchev–Trinajstić information content (AvgIpc) is 3.55. The van der Waals surface area contributed by atoms with Crippen LogP contribution in [-0.2, 0) is 5.54 Å². The van der Waals surface area contributed by atoms with Crippen molar-refractivity contribution in [3.63, 3.8) is 0 Å². The van der Waals surface area contributed by atoms with Gasteiger partial charge in [-0.25, -0.2) is 4.68 Å². The fourth-order valence-corrected chi connectivity index (χ4v) is 5.79. The van der Waals surface area contributed by atoms with Gasteiger partial charge < -0.3 is 5.32 Å². The maximum absolute atomic E-state index is 4.74. The Morgan fingerprint density at radius 1 is 0.595 bits per heavy atom. The second-order valence-corrected chi connectivity index (χ2v) is 10.5. The van der Waals surface area contributed by atoms with Crippen LogP contribution in [0.15, 0.2) is 140 Å². The number of aromatic nitrogens is 4. The lowest BCUT2D eigenvalue weighted by molar-refractivity contribution is 0.451. The van der Waals surface area contributed by atoms with Crippen LogP contribution in [0.4, 0.5) is 5.69 Å². The maximum atomic E-state index is 4.74. The number of nitrogens with zero attached hydrogens (tertiary/aromatic N) is 4. The van der Waals surface area contributed by atoms with Gasteiger partial charge in [0.15, 0.2) is 5.82 Å². The molecule has 208 valence electrons. The molecule has 6 rings (SSSR count). The van der Waals surface area contributed by atoms with Crippen molar-refractivity contribution in [2.24, 2.45) is 0 Å². The van der Waals surface area contributed by atoms with E-state index in [1.807, 2.05) is 22.9 Å². The number of nitrogens with one attached hydrogen (secondary N) is 1. The zero-order chi connectivity index (χ0) is 28.6. The van der Waals surface area contributed by atoms with Crippen LogP contribution in [0.2, 0.25) is 0 Å². The molecule has 42 heavy (non-hydrogen) atoms. The summed E-state index contributed by atoms with van der Waals surface area (Å²) in [5.74, 6) is 0.698. The standard InChI is InChI=1S/C37H35N5/c1-2-3-15-28-38-33-26-24-29(25-27-33)34-22-13-14-23-35(34)36-39-40-41-42(36)37(30-16-7-4-8-17-30,31-18-9-5-10-19-31)32-20-11-6-12-21-32/h4-14,16-27,38H,2-3,15,28H2,1H3. The van der Waals surface area contributed by atoms with Crippen LogP contribution in [0.25, 0.3) is 22.5 Å². The molecule has 0 bridgehead atoms. The summed E-state index contributed by atoms with van der Waals surface area (Å²) in [6.45, 7) is 3.21. The van der Waals surface area contributed by atoms with Gasteiger partial charge in [0.1, 0.15) is 5.54 Å². The van der Waals surface area contributed by atoms with Crippen molar-refractivity contribution in [1.82, 2.24) is 20.2 Å². The van der Waals surface area contributed by atoms with Gasteiger partial charge >= 0.3 is 0 Å². The highest BCUT2D eigenvalue weighted by atomic mass is 15.6. The highest BCUT2D eigenvalue weighted by Crippen LogP contribution is 2.43. The molecule has 5 nitrogen and oxygen atoms in total. The molecule has 0 amide bonds. The van der Waals surface area contributed by atoms with Crippen molar-refractivity contribution in [2.75, 3.05) is 11.9 Å². The van der Waals surface area contributed by atoms with Crippen molar-refractivity contribution in [1.29, 1.82) is 0 Å². The van der Waals surface area contributed by atoms with Crippen LogP contribution in [0, 0.1) is 0 Å². The molecule has 0 fully saturated rings. The lowest BCUT2D eigenvalue weighted by Crippen LogP contribution is -2.39. The average molecular weight is 550 g/mol. The molecule has 1 N–H and O–H groups in total. The highest BCUT2D eigenvalue weighted by Gasteiger charge is 2.42. The smallest absolute Gasteiger partial charge is 0.184 e. The largest absolute Gasteiger partial charge is 0.385 e. The van der Waals surface area contributed by atoms with Crippen LogP contribution < -0.4 is 5.32 Å². The molecular formula is C37H35N5. The molecule has 0 spiro atoms. The first kappa shape index (κ1) is 27.2. The van der Waals surface area contributed by atoms with Gasteiger partial charge in [-0.05, 0) is 56.8 Å². The summed E-state index contributed by atoms with van der Waals surface area (Å²) >= 11 is 0. The number of rotatable bonds is 11. The predicted molar refractivity (Wildman–Crippen MR) is 171 cm³/mol. The van der Waals surface area contributed by atoms with Crippen LogP contribution >= 0.6 is 0 Å². The van der Waals surface area contributed by atoms with E-state index in [9.17, 15) is 0 Å². The third kappa shape index (κ3) is 5.21. The van der Waals surface area contributed by atoms with E-state index in [0.29, 0.717) is 5.82 Å². The van der Waals surface area contributed by atoms with E-state index in [-0.39, 0.29) is 0 Å². The van der Waals surface area contributed by atoms with Gasteiger partial charge in [0.25, 0.3) is 0 Å². The van der Waals surface area contributed by atoms with Crippen LogP contribution in [-0.4, -0.2) is 26.8 Å². The summed E-state index contributed by atoms with van der Waals surface area (Å²) in [7, 11) is 0. The number of hydrogen-bond donors (Lipinski definition) is 1. The second-order valence-electron chi connectivity index (χ2n) is 10.5. The molecule has 0 aliphatic rings. The molecule has 0 unspecified atom stereocenters. The third-order valence-electron chi connectivity index (χ3n) is 7.84. The summed E-state index contributed by atoms with van der Waals surface area (Å²) in [4.78, 5) is 0. The molecule has 0 aliphatic heterocycles. The Hall–Kier alpha value is -5.03. The Labute approximate surface area is 247 Å². The van der Waals surface area contributed by atoms with Crippen molar-refractivity contribution < 1.29 is 0 Å². The van der Waals surface area contributed by atoms with Crippen LogP contribution in [0.1, 0.15) is 42.9 Å². The second kappa shape index (κ2) is 12.6. The van der Waals surface area contributed by atoms with E-state index in [0.717, 1.165) is 45.6 Å². The monoisotopic (exact) mass is 549 g/mol. The molecule has 5 aromatic carbocycles. The Kier molecular flexibility index (Phi) is 8.18. The summed E-state index contributed by atoms with van der Waals surface area (Å²) in [5.41, 5.74) is 6.72. The first-order valence-electron chi connectivity index (χ1n) is 14.7. The highest BCUT2D eigenvalue weighted by molar-refractivity contribution is 5.81. The normalized spacial score (nSPS) is 11.4. The van der Waals surface area contributed by atoms with E-state index in [1.165, 1.54) is 19.3 Å². The molecular weight excluding hydrogens is 514 g/mol. The molecule has 0 saturated carbocycles. The fourth-order valence-electron chi connectivity index (χ4n) is 5.79. The van der Waals surface area contributed by atoms with E-state index < -0.39 is 5.54 Å². The predicted octanol–water partition coefficient (Wildman–Crippen LogP) is 8.45. The summed E-state index contributed by atoms with van der Waals surface area (Å²) < 4.78 is 2.00. The maximum Gasteiger partial charge on any atom is 0.184 e. The lowest BCUT2D eigenvalue weighted by Gasteiger charge is -2.36. The molecule has 0 atom stereocenters. The van der Waals surface area contributed by atoms with Crippen molar-refractivity contribution in [3.05, 3.63) is 156 Å². The Morgan fingerprint density at radius 3 is 1.67 bits per heavy atom. The number of tetrazole rings is 1. The van der Waals surface area contributed by atoms with Crippen molar-refractivity contribution in [3.8, 4) is 22.5 Å². The van der Waals surface area contributed by atoms with Gasteiger partial charge in [0.05, 0.1) is 0 Å².